The first kappa shape index (κ1) is 17.3. The molecule has 2 aromatic heterocycles. The Morgan fingerprint density at radius 2 is 1.89 bits per heavy atom. The number of carbonyl (C=O) groups excluding carboxylic acids is 1. The maximum absolute atomic E-state index is 13.9. The predicted octanol–water partition coefficient (Wildman–Crippen LogP) is 4.70. The van der Waals surface area contributed by atoms with E-state index in [9.17, 15) is 9.18 Å². The van der Waals surface area contributed by atoms with Crippen LogP contribution in [0.2, 0.25) is 0 Å². The van der Waals surface area contributed by atoms with Crippen LogP contribution < -0.4 is 5.32 Å². The second-order valence-electron chi connectivity index (χ2n) is 7.18. The number of nitrogens with zero attached hydrogens (tertiary/aromatic N) is 1. The third-order valence-corrected chi connectivity index (χ3v) is 4.61. The minimum absolute atomic E-state index is 0.263. The zero-order valence-corrected chi connectivity index (χ0v) is 15.2. The first-order valence-electron chi connectivity index (χ1n) is 9.04. The Morgan fingerprint density at radius 3 is 2.63 bits per heavy atom. The Kier molecular flexibility index (Phi) is 4.39. The molecule has 0 spiro atoms. The SMILES string of the molecule is CC(C)CC(NC(=O)c1cc2c(F)cccc2[nH]1)c1nc2ccccc2[nH]1. The number of amides is 1. The Hall–Kier alpha value is -3.15. The Bertz CT molecular complexity index is 1080. The monoisotopic (exact) mass is 364 g/mol. The summed E-state index contributed by atoms with van der Waals surface area (Å²) in [5.41, 5.74) is 2.73. The van der Waals surface area contributed by atoms with Gasteiger partial charge in [-0.25, -0.2) is 9.37 Å². The molecule has 2 heterocycles. The molecule has 6 heteroatoms. The van der Waals surface area contributed by atoms with Crippen molar-refractivity contribution in [3.05, 3.63) is 65.9 Å². The highest BCUT2D eigenvalue weighted by atomic mass is 19.1. The summed E-state index contributed by atoms with van der Waals surface area (Å²) in [6.07, 6.45) is 0.736. The summed E-state index contributed by atoms with van der Waals surface area (Å²) in [5.74, 6) is 0.458. The number of fused-ring (bicyclic) bond motifs is 2. The number of aromatic nitrogens is 3. The molecular formula is C21H21FN4O. The molecule has 4 rings (SSSR count). The van der Waals surface area contributed by atoms with Crippen LogP contribution in [0.25, 0.3) is 21.9 Å². The van der Waals surface area contributed by atoms with Gasteiger partial charge in [0.05, 0.1) is 17.1 Å². The number of aromatic amines is 2. The van der Waals surface area contributed by atoms with Gasteiger partial charge in [-0.05, 0) is 42.7 Å². The lowest BCUT2D eigenvalue weighted by Gasteiger charge is -2.18. The third-order valence-electron chi connectivity index (χ3n) is 4.61. The highest BCUT2D eigenvalue weighted by molar-refractivity contribution is 5.98. The van der Waals surface area contributed by atoms with Crippen molar-refractivity contribution >= 4 is 27.8 Å². The molecule has 1 unspecified atom stereocenters. The van der Waals surface area contributed by atoms with Crippen LogP contribution in [0, 0.1) is 11.7 Å². The van der Waals surface area contributed by atoms with E-state index in [1.165, 1.54) is 6.07 Å². The van der Waals surface area contributed by atoms with E-state index in [0.29, 0.717) is 22.5 Å². The first-order valence-corrected chi connectivity index (χ1v) is 9.04. The maximum Gasteiger partial charge on any atom is 0.268 e. The van der Waals surface area contributed by atoms with Crippen molar-refractivity contribution in [3.8, 4) is 0 Å². The number of hydrogen-bond acceptors (Lipinski definition) is 2. The molecule has 0 aliphatic heterocycles. The van der Waals surface area contributed by atoms with Crippen molar-refractivity contribution in [3.63, 3.8) is 0 Å². The smallest absolute Gasteiger partial charge is 0.268 e. The average molecular weight is 364 g/mol. The molecule has 3 N–H and O–H groups in total. The molecule has 0 fully saturated rings. The van der Waals surface area contributed by atoms with Crippen molar-refractivity contribution < 1.29 is 9.18 Å². The lowest BCUT2D eigenvalue weighted by molar-refractivity contribution is 0.0926. The van der Waals surface area contributed by atoms with Crippen LogP contribution in [0.4, 0.5) is 4.39 Å². The quantitative estimate of drug-likeness (QED) is 0.480. The van der Waals surface area contributed by atoms with Crippen LogP contribution in [0.5, 0.6) is 0 Å². The van der Waals surface area contributed by atoms with Gasteiger partial charge in [0.15, 0.2) is 0 Å². The molecule has 5 nitrogen and oxygen atoms in total. The van der Waals surface area contributed by atoms with Crippen LogP contribution in [0.15, 0.2) is 48.5 Å². The first-order chi connectivity index (χ1) is 13.0. The Morgan fingerprint density at radius 1 is 1.11 bits per heavy atom. The molecule has 0 saturated carbocycles. The fraction of sp³-hybridized carbons (Fsp3) is 0.238. The molecule has 1 amide bonds. The molecule has 0 bridgehead atoms. The van der Waals surface area contributed by atoms with E-state index in [-0.39, 0.29) is 17.8 Å². The van der Waals surface area contributed by atoms with Gasteiger partial charge in [-0.3, -0.25) is 4.79 Å². The lowest BCUT2D eigenvalue weighted by atomic mass is 10.0. The number of carbonyl (C=O) groups is 1. The molecule has 0 saturated heterocycles. The molecule has 0 aliphatic carbocycles. The minimum atomic E-state index is -0.348. The zero-order chi connectivity index (χ0) is 19.0. The fourth-order valence-electron chi connectivity index (χ4n) is 3.32. The van der Waals surface area contributed by atoms with Crippen LogP contribution in [-0.2, 0) is 0 Å². The maximum atomic E-state index is 13.9. The fourth-order valence-corrected chi connectivity index (χ4v) is 3.32. The topological polar surface area (TPSA) is 73.6 Å². The molecule has 1 atom stereocenters. The van der Waals surface area contributed by atoms with E-state index >= 15 is 0 Å². The molecule has 2 aromatic carbocycles. The number of benzene rings is 2. The highest BCUT2D eigenvalue weighted by Crippen LogP contribution is 2.23. The summed E-state index contributed by atoms with van der Waals surface area (Å²) in [6.45, 7) is 4.19. The van der Waals surface area contributed by atoms with Gasteiger partial charge in [0, 0.05) is 10.9 Å². The standard InChI is InChI=1S/C21H21FN4O/c1-12(2)10-18(20-24-16-7-3-4-8-17(16)25-20)26-21(27)19-11-13-14(22)6-5-9-15(13)23-19/h3-9,11-12,18,23H,10H2,1-2H3,(H,24,25)(H,26,27). The van der Waals surface area contributed by atoms with Crippen molar-refractivity contribution in [2.24, 2.45) is 5.92 Å². The van der Waals surface area contributed by atoms with Crippen molar-refractivity contribution in [2.75, 3.05) is 0 Å². The number of rotatable bonds is 5. The summed E-state index contributed by atoms with van der Waals surface area (Å²) in [4.78, 5) is 23.7. The van der Waals surface area contributed by atoms with Crippen molar-refractivity contribution in [1.29, 1.82) is 0 Å². The van der Waals surface area contributed by atoms with E-state index in [4.69, 9.17) is 0 Å². The number of halogens is 1. The molecule has 138 valence electrons. The van der Waals surface area contributed by atoms with Gasteiger partial charge in [-0.15, -0.1) is 0 Å². The van der Waals surface area contributed by atoms with Gasteiger partial charge >= 0.3 is 0 Å². The van der Waals surface area contributed by atoms with Crippen LogP contribution in [0.3, 0.4) is 0 Å². The highest BCUT2D eigenvalue weighted by Gasteiger charge is 2.21. The Balaban J connectivity index is 1.64. The normalized spacial score (nSPS) is 12.7. The van der Waals surface area contributed by atoms with Gasteiger partial charge in [0.1, 0.15) is 17.3 Å². The second-order valence-corrected chi connectivity index (χ2v) is 7.18. The number of para-hydroxylation sites is 2. The molecule has 27 heavy (non-hydrogen) atoms. The summed E-state index contributed by atoms with van der Waals surface area (Å²) in [5, 5.41) is 3.45. The number of hydrogen-bond donors (Lipinski definition) is 3. The summed E-state index contributed by atoms with van der Waals surface area (Å²) in [6, 6.07) is 13.8. The predicted molar refractivity (Wildman–Crippen MR) is 104 cm³/mol. The van der Waals surface area contributed by atoms with Crippen molar-refractivity contribution in [2.45, 2.75) is 26.3 Å². The van der Waals surface area contributed by atoms with Crippen molar-refractivity contribution in [1.82, 2.24) is 20.3 Å². The van der Waals surface area contributed by atoms with Gasteiger partial charge in [0.2, 0.25) is 0 Å². The molecule has 4 aromatic rings. The largest absolute Gasteiger partial charge is 0.350 e. The van der Waals surface area contributed by atoms with E-state index in [2.05, 4.69) is 34.1 Å². The minimum Gasteiger partial charge on any atom is -0.350 e. The van der Waals surface area contributed by atoms with Gasteiger partial charge in [-0.1, -0.05) is 32.0 Å². The van der Waals surface area contributed by atoms with E-state index in [1.807, 2.05) is 24.3 Å². The number of H-pyrrole nitrogens is 2. The lowest BCUT2D eigenvalue weighted by Crippen LogP contribution is -2.30. The van der Waals surface area contributed by atoms with Crippen LogP contribution in [0.1, 0.15) is 42.6 Å². The zero-order valence-electron chi connectivity index (χ0n) is 15.2. The molecule has 0 aliphatic rings. The molecular weight excluding hydrogens is 343 g/mol. The van der Waals surface area contributed by atoms with E-state index in [0.717, 1.165) is 23.3 Å². The number of nitrogens with one attached hydrogen (secondary N) is 3. The Labute approximate surface area is 156 Å². The van der Waals surface area contributed by atoms with Gasteiger partial charge < -0.3 is 15.3 Å². The van der Waals surface area contributed by atoms with Crippen LogP contribution in [-0.4, -0.2) is 20.9 Å². The van der Waals surface area contributed by atoms with E-state index in [1.54, 1.807) is 18.2 Å². The van der Waals surface area contributed by atoms with E-state index < -0.39 is 0 Å². The third kappa shape index (κ3) is 3.43. The molecule has 0 radical (unpaired) electrons. The average Bonchev–Trinajstić information content (AvgIpc) is 3.25. The summed E-state index contributed by atoms with van der Waals surface area (Å²) >= 11 is 0. The second kappa shape index (κ2) is 6.87. The summed E-state index contributed by atoms with van der Waals surface area (Å²) in [7, 11) is 0. The van der Waals surface area contributed by atoms with Gasteiger partial charge in [-0.2, -0.15) is 0 Å². The summed E-state index contributed by atoms with van der Waals surface area (Å²) < 4.78 is 13.9. The van der Waals surface area contributed by atoms with Crippen LogP contribution >= 0.6 is 0 Å². The van der Waals surface area contributed by atoms with Gasteiger partial charge in [0.25, 0.3) is 5.91 Å². The number of imidazole rings is 1.